The fourth-order valence-electron chi connectivity index (χ4n) is 3.02. The molecule has 1 saturated heterocycles. The van der Waals surface area contributed by atoms with Gasteiger partial charge in [-0.1, -0.05) is 0 Å². The maximum atomic E-state index is 12.1. The van der Waals surface area contributed by atoms with Gasteiger partial charge >= 0.3 is 0 Å². The molecule has 2 amide bonds. The second-order valence-corrected chi connectivity index (χ2v) is 7.04. The molecule has 5 nitrogen and oxygen atoms in total. The number of likely N-dealkylation sites (tertiary alicyclic amines) is 1. The first-order valence-corrected chi connectivity index (χ1v) is 8.88. The Balaban J connectivity index is 1.24. The lowest BCUT2D eigenvalue weighted by atomic mass is 9.95. The van der Waals surface area contributed by atoms with E-state index in [1.54, 1.807) is 0 Å². The normalized spacial score (nSPS) is 22.6. The topological polar surface area (TPSA) is 58.6 Å². The van der Waals surface area contributed by atoms with E-state index in [0.29, 0.717) is 18.4 Å². The van der Waals surface area contributed by atoms with Gasteiger partial charge in [0, 0.05) is 44.7 Å². The summed E-state index contributed by atoms with van der Waals surface area (Å²) >= 11 is 0. The van der Waals surface area contributed by atoms with Crippen molar-refractivity contribution >= 4 is 11.8 Å². The van der Waals surface area contributed by atoms with E-state index >= 15 is 0 Å². The van der Waals surface area contributed by atoms with Gasteiger partial charge in [-0.2, -0.15) is 0 Å². The quantitative estimate of drug-likeness (QED) is 0.692. The molecule has 0 aromatic heterocycles. The monoisotopic (exact) mass is 308 g/mol. The Morgan fingerprint density at radius 2 is 1.73 bits per heavy atom. The van der Waals surface area contributed by atoms with Gasteiger partial charge in [-0.25, -0.2) is 0 Å². The van der Waals surface area contributed by atoms with E-state index < -0.39 is 0 Å². The number of ether oxygens (including phenoxy) is 1. The van der Waals surface area contributed by atoms with Crippen molar-refractivity contribution in [2.45, 2.75) is 44.9 Å². The third kappa shape index (κ3) is 4.70. The van der Waals surface area contributed by atoms with Crippen molar-refractivity contribution in [3.05, 3.63) is 0 Å². The molecule has 3 rings (SSSR count). The highest BCUT2D eigenvalue weighted by atomic mass is 16.5. The van der Waals surface area contributed by atoms with Crippen LogP contribution in [-0.2, 0) is 14.3 Å². The number of carbonyl (C=O) groups is 2. The number of nitrogens with one attached hydrogen (secondary N) is 1. The molecule has 1 N–H and O–H groups in total. The zero-order chi connectivity index (χ0) is 15.4. The van der Waals surface area contributed by atoms with Gasteiger partial charge in [-0.05, 0) is 50.9 Å². The Labute approximate surface area is 132 Å². The zero-order valence-electron chi connectivity index (χ0n) is 13.4. The smallest absolute Gasteiger partial charge is 0.225 e. The summed E-state index contributed by atoms with van der Waals surface area (Å²) in [6.45, 7) is 3.83. The van der Waals surface area contributed by atoms with E-state index in [0.717, 1.165) is 64.3 Å². The van der Waals surface area contributed by atoms with Gasteiger partial charge in [0.05, 0.1) is 0 Å². The fraction of sp³-hybridized carbons (Fsp3) is 0.882. The van der Waals surface area contributed by atoms with Crippen molar-refractivity contribution in [2.24, 2.45) is 17.8 Å². The Kier molecular flexibility index (Phi) is 5.34. The summed E-state index contributed by atoms with van der Waals surface area (Å²) in [5.74, 6) is 1.64. The third-order valence-electron chi connectivity index (χ3n) is 4.92. The largest absolute Gasteiger partial charge is 0.381 e. The molecule has 0 aromatic rings. The maximum absolute atomic E-state index is 12.1. The van der Waals surface area contributed by atoms with Crippen molar-refractivity contribution in [3.63, 3.8) is 0 Å². The SMILES string of the molecule is O=C(NCCCOCC1CC1)C1CCN(C(=O)C2CC2)CC1. The Morgan fingerprint density at radius 1 is 1.00 bits per heavy atom. The Morgan fingerprint density at radius 3 is 2.36 bits per heavy atom. The minimum absolute atomic E-state index is 0.0793. The summed E-state index contributed by atoms with van der Waals surface area (Å²) in [5, 5.41) is 3.01. The van der Waals surface area contributed by atoms with Gasteiger partial charge in [0.2, 0.25) is 11.8 Å². The molecule has 1 heterocycles. The van der Waals surface area contributed by atoms with E-state index in [1.807, 2.05) is 4.90 Å². The van der Waals surface area contributed by atoms with Crippen molar-refractivity contribution in [1.82, 2.24) is 10.2 Å². The molecule has 22 heavy (non-hydrogen) atoms. The molecule has 0 atom stereocenters. The van der Waals surface area contributed by atoms with Gasteiger partial charge in [-0.3, -0.25) is 9.59 Å². The molecule has 3 aliphatic rings. The lowest BCUT2D eigenvalue weighted by molar-refractivity contribution is -0.136. The highest BCUT2D eigenvalue weighted by Crippen LogP contribution is 2.32. The molecule has 0 radical (unpaired) electrons. The van der Waals surface area contributed by atoms with Crippen LogP contribution in [-0.4, -0.2) is 49.6 Å². The van der Waals surface area contributed by atoms with Crippen LogP contribution >= 0.6 is 0 Å². The number of amides is 2. The van der Waals surface area contributed by atoms with Gasteiger partial charge in [0.25, 0.3) is 0 Å². The summed E-state index contributed by atoms with van der Waals surface area (Å²) in [4.78, 5) is 26.0. The molecule has 0 aromatic carbocycles. The van der Waals surface area contributed by atoms with Crippen LogP contribution < -0.4 is 5.32 Å². The van der Waals surface area contributed by atoms with E-state index in [9.17, 15) is 9.59 Å². The summed E-state index contributed by atoms with van der Waals surface area (Å²) in [6, 6.07) is 0. The minimum atomic E-state index is 0.0793. The van der Waals surface area contributed by atoms with Crippen LogP contribution in [0.25, 0.3) is 0 Å². The number of nitrogens with zero attached hydrogens (tertiary/aromatic N) is 1. The lowest BCUT2D eigenvalue weighted by Crippen LogP contribution is -2.43. The van der Waals surface area contributed by atoms with Crippen molar-refractivity contribution in [3.8, 4) is 0 Å². The number of piperidine rings is 1. The van der Waals surface area contributed by atoms with Crippen LogP contribution in [0.2, 0.25) is 0 Å². The highest BCUT2D eigenvalue weighted by molar-refractivity contribution is 5.82. The number of carbonyl (C=O) groups excluding carboxylic acids is 2. The second kappa shape index (κ2) is 7.44. The Bertz CT molecular complexity index is 397. The standard InChI is InChI=1S/C17H28N2O3/c20-16(18-8-1-11-22-12-13-2-3-13)14-6-9-19(10-7-14)17(21)15-4-5-15/h13-15H,1-12H2,(H,18,20). The number of rotatable bonds is 8. The van der Waals surface area contributed by atoms with Gasteiger partial charge < -0.3 is 15.0 Å². The van der Waals surface area contributed by atoms with Crippen molar-refractivity contribution < 1.29 is 14.3 Å². The molecule has 2 saturated carbocycles. The minimum Gasteiger partial charge on any atom is -0.381 e. The van der Waals surface area contributed by atoms with E-state index in [-0.39, 0.29) is 11.8 Å². The molecule has 0 unspecified atom stereocenters. The highest BCUT2D eigenvalue weighted by Gasteiger charge is 2.35. The molecule has 5 heteroatoms. The van der Waals surface area contributed by atoms with Crippen LogP contribution in [0.4, 0.5) is 0 Å². The molecule has 124 valence electrons. The van der Waals surface area contributed by atoms with Crippen molar-refractivity contribution in [1.29, 1.82) is 0 Å². The predicted molar refractivity (Wildman–Crippen MR) is 83.2 cm³/mol. The van der Waals surface area contributed by atoms with Crippen LogP contribution in [0.15, 0.2) is 0 Å². The molecule has 0 spiro atoms. The first-order valence-electron chi connectivity index (χ1n) is 8.88. The average Bonchev–Trinajstić information content (AvgIpc) is 3.42. The van der Waals surface area contributed by atoms with Gasteiger partial charge in [0.1, 0.15) is 0 Å². The molecule has 0 bridgehead atoms. The van der Waals surface area contributed by atoms with Gasteiger partial charge in [0.15, 0.2) is 0 Å². The van der Waals surface area contributed by atoms with Crippen LogP contribution in [0.3, 0.4) is 0 Å². The molecule has 2 aliphatic carbocycles. The van der Waals surface area contributed by atoms with Crippen LogP contribution in [0.1, 0.15) is 44.9 Å². The first kappa shape index (κ1) is 15.8. The third-order valence-corrected chi connectivity index (χ3v) is 4.92. The second-order valence-electron chi connectivity index (χ2n) is 7.04. The number of hydrogen-bond donors (Lipinski definition) is 1. The summed E-state index contributed by atoms with van der Waals surface area (Å²) in [5.41, 5.74) is 0. The van der Waals surface area contributed by atoms with Crippen LogP contribution in [0, 0.1) is 17.8 Å². The molecular weight excluding hydrogens is 280 g/mol. The molecule has 3 fully saturated rings. The first-order chi connectivity index (χ1) is 10.7. The summed E-state index contributed by atoms with van der Waals surface area (Å²) < 4.78 is 5.56. The molecular formula is C17H28N2O3. The van der Waals surface area contributed by atoms with Crippen LogP contribution in [0.5, 0.6) is 0 Å². The van der Waals surface area contributed by atoms with E-state index in [2.05, 4.69) is 5.32 Å². The zero-order valence-corrected chi connectivity index (χ0v) is 13.4. The Hall–Kier alpha value is -1.10. The van der Waals surface area contributed by atoms with Gasteiger partial charge in [-0.15, -0.1) is 0 Å². The van der Waals surface area contributed by atoms with Crippen molar-refractivity contribution in [2.75, 3.05) is 32.8 Å². The molecule has 1 aliphatic heterocycles. The predicted octanol–water partition coefficient (Wildman–Crippen LogP) is 1.57. The lowest BCUT2D eigenvalue weighted by Gasteiger charge is -2.31. The average molecular weight is 308 g/mol. The summed E-state index contributed by atoms with van der Waals surface area (Å²) in [6.07, 6.45) is 7.25. The number of hydrogen-bond acceptors (Lipinski definition) is 3. The van der Waals surface area contributed by atoms with E-state index in [4.69, 9.17) is 4.74 Å². The van der Waals surface area contributed by atoms with E-state index in [1.165, 1.54) is 12.8 Å². The maximum Gasteiger partial charge on any atom is 0.225 e. The fourth-order valence-corrected chi connectivity index (χ4v) is 3.02. The summed E-state index contributed by atoms with van der Waals surface area (Å²) in [7, 11) is 0.